The molecule has 1 aliphatic rings. The van der Waals surface area contributed by atoms with Crippen molar-refractivity contribution in [1.82, 2.24) is 9.80 Å². The van der Waals surface area contributed by atoms with Crippen molar-refractivity contribution < 1.29 is 19.7 Å². The van der Waals surface area contributed by atoms with Crippen LogP contribution in [0.25, 0.3) is 0 Å². The predicted octanol–water partition coefficient (Wildman–Crippen LogP) is 0.689. The third-order valence-electron chi connectivity index (χ3n) is 4.36. The number of likely N-dealkylation sites (N-methyl/N-ethyl adjacent to an activating group) is 1. The SMILES string of the molecule is COc1cccc(CCCN2C[C@@H](O)[C@H](N(C)CC(=O)O)C2)c1. The Morgan fingerprint density at radius 2 is 2.22 bits per heavy atom. The molecular formula is C17H26N2O4. The van der Waals surface area contributed by atoms with Crippen molar-refractivity contribution in [2.45, 2.75) is 25.0 Å². The second kappa shape index (κ2) is 8.29. The maximum Gasteiger partial charge on any atom is 0.317 e. The Hall–Kier alpha value is -1.63. The molecule has 0 radical (unpaired) electrons. The topological polar surface area (TPSA) is 73.2 Å². The molecule has 0 bridgehead atoms. The maximum atomic E-state index is 10.8. The second-order valence-electron chi connectivity index (χ2n) is 6.16. The number of carboxylic acid groups (broad SMARTS) is 1. The molecule has 1 aliphatic heterocycles. The van der Waals surface area contributed by atoms with E-state index in [9.17, 15) is 9.90 Å². The normalized spacial score (nSPS) is 21.7. The van der Waals surface area contributed by atoms with Crippen LogP contribution in [0, 0.1) is 0 Å². The van der Waals surface area contributed by atoms with Crippen LogP contribution in [0.4, 0.5) is 0 Å². The molecular weight excluding hydrogens is 296 g/mol. The fraction of sp³-hybridized carbons (Fsp3) is 0.588. The van der Waals surface area contributed by atoms with Gasteiger partial charge in [0.25, 0.3) is 0 Å². The summed E-state index contributed by atoms with van der Waals surface area (Å²) in [4.78, 5) is 14.7. The molecule has 2 atom stereocenters. The van der Waals surface area contributed by atoms with E-state index in [4.69, 9.17) is 9.84 Å². The molecule has 128 valence electrons. The monoisotopic (exact) mass is 322 g/mol. The van der Waals surface area contributed by atoms with Crippen molar-refractivity contribution in [3.63, 3.8) is 0 Å². The number of aryl methyl sites for hydroxylation is 1. The van der Waals surface area contributed by atoms with E-state index in [2.05, 4.69) is 11.0 Å². The minimum Gasteiger partial charge on any atom is -0.497 e. The molecule has 1 fully saturated rings. The lowest BCUT2D eigenvalue weighted by Gasteiger charge is -2.24. The Morgan fingerprint density at radius 1 is 1.43 bits per heavy atom. The first-order valence-corrected chi connectivity index (χ1v) is 7.95. The predicted molar refractivity (Wildman–Crippen MR) is 87.8 cm³/mol. The van der Waals surface area contributed by atoms with E-state index in [-0.39, 0.29) is 12.6 Å². The van der Waals surface area contributed by atoms with E-state index in [1.54, 1.807) is 19.1 Å². The van der Waals surface area contributed by atoms with Gasteiger partial charge in [-0.2, -0.15) is 0 Å². The summed E-state index contributed by atoms with van der Waals surface area (Å²) in [6.07, 6.45) is 1.46. The van der Waals surface area contributed by atoms with Crippen molar-refractivity contribution in [1.29, 1.82) is 0 Å². The number of carbonyl (C=O) groups is 1. The first-order valence-electron chi connectivity index (χ1n) is 7.95. The molecule has 0 unspecified atom stereocenters. The average molecular weight is 322 g/mol. The van der Waals surface area contributed by atoms with Crippen LogP contribution < -0.4 is 4.74 Å². The van der Waals surface area contributed by atoms with Crippen LogP contribution in [0.1, 0.15) is 12.0 Å². The lowest BCUT2D eigenvalue weighted by Crippen LogP contribution is -2.43. The zero-order chi connectivity index (χ0) is 16.8. The number of ether oxygens (including phenoxy) is 1. The van der Waals surface area contributed by atoms with Gasteiger partial charge in [-0.25, -0.2) is 0 Å². The molecule has 6 heteroatoms. The van der Waals surface area contributed by atoms with Crippen molar-refractivity contribution >= 4 is 5.97 Å². The Labute approximate surface area is 137 Å². The second-order valence-corrected chi connectivity index (χ2v) is 6.16. The van der Waals surface area contributed by atoms with Crippen LogP contribution >= 0.6 is 0 Å². The standard InChI is InChI=1S/C17H26N2O4/c1-18(12-17(21)22)15-10-19(11-16(15)20)8-4-6-13-5-3-7-14(9-13)23-2/h3,5,7,9,15-16,20H,4,6,8,10-12H2,1-2H3,(H,21,22)/t15-,16-/m1/s1. The first-order chi connectivity index (χ1) is 11.0. The molecule has 6 nitrogen and oxygen atoms in total. The van der Waals surface area contributed by atoms with Gasteiger partial charge in [0, 0.05) is 19.1 Å². The van der Waals surface area contributed by atoms with Crippen LogP contribution in [0.15, 0.2) is 24.3 Å². The summed E-state index contributed by atoms with van der Waals surface area (Å²) in [5, 5.41) is 19.0. The lowest BCUT2D eigenvalue weighted by molar-refractivity contribution is -0.138. The lowest BCUT2D eigenvalue weighted by atomic mass is 10.1. The van der Waals surface area contributed by atoms with Gasteiger partial charge in [-0.1, -0.05) is 12.1 Å². The number of aliphatic carboxylic acids is 1. The number of benzene rings is 1. The van der Waals surface area contributed by atoms with Crippen molar-refractivity contribution in [3.8, 4) is 5.75 Å². The zero-order valence-electron chi connectivity index (χ0n) is 13.8. The van der Waals surface area contributed by atoms with Crippen LogP contribution in [0.2, 0.25) is 0 Å². The number of aliphatic hydroxyl groups excluding tert-OH is 1. The Kier molecular flexibility index (Phi) is 6.38. The summed E-state index contributed by atoms with van der Waals surface area (Å²) >= 11 is 0. The highest BCUT2D eigenvalue weighted by atomic mass is 16.5. The fourth-order valence-corrected chi connectivity index (χ4v) is 3.13. The minimum atomic E-state index is -0.865. The van der Waals surface area contributed by atoms with Crippen molar-refractivity contribution in [2.75, 3.05) is 40.3 Å². The van der Waals surface area contributed by atoms with Crippen LogP contribution in [-0.2, 0) is 11.2 Å². The summed E-state index contributed by atoms with van der Waals surface area (Å²) in [6.45, 7) is 2.17. The number of hydrogen-bond donors (Lipinski definition) is 2. The van der Waals surface area contributed by atoms with E-state index in [0.717, 1.165) is 25.1 Å². The summed E-state index contributed by atoms with van der Waals surface area (Å²) in [6, 6.07) is 7.95. The number of methoxy groups -OCH3 is 1. The molecule has 0 saturated carbocycles. The number of rotatable bonds is 8. The number of aliphatic hydroxyl groups is 1. The van der Waals surface area contributed by atoms with Gasteiger partial charge in [-0.3, -0.25) is 14.6 Å². The van der Waals surface area contributed by atoms with Gasteiger partial charge in [0.2, 0.25) is 0 Å². The molecule has 1 saturated heterocycles. The fourth-order valence-electron chi connectivity index (χ4n) is 3.13. The molecule has 0 aromatic heterocycles. The van der Waals surface area contributed by atoms with Crippen LogP contribution in [0.5, 0.6) is 5.75 Å². The molecule has 0 spiro atoms. The zero-order valence-corrected chi connectivity index (χ0v) is 13.8. The quantitative estimate of drug-likeness (QED) is 0.734. The summed E-state index contributed by atoms with van der Waals surface area (Å²) in [7, 11) is 3.42. The van der Waals surface area contributed by atoms with Gasteiger partial charge in [0.15, 0.2) is 0 Å². The summed E-state index contributed by atoms with van der Waals surface area (Å²) in [5.41, 5.74) is 1.24. The van der Waals surface area contributed by atoms with E-state index < -0.39 is 12.1 Å². The van der Waals surface area contributed by atoms with E-state index in [1.165, 1.54) is 5.56 Å². The third-order valence-corrected chi connectivity index (χ3v) is 4.36. The Morgan fingerprint density at radius 3 is 2.91 bits per heavy atom. The van der Waals surface area contributed by atoms with Gasteiger partial charge < -0.3 is 14.9 Å². The Bertz CT molecular complexity index is 523. The van der Waals surface area contributed by atoms with E-state index >= 15 is 0 Å². The van der Waals surface area contributed by atoms with E-state index in [0.29, 0.717) is 13.1 Å². The van der Waals surface area contributed by atoms with Gasteiger partial charge in [0.1, 0.15) is 5.75 Å². The molecule has 0 aliphatic carbocycles. The number of carboxylic acids is 1. The summed E-state index contributed by atoms with van der Waals surface area (Å²) < 4.78 is 5.22. The summed E-state index contributed by atoms with van der Waals surface area (Å²) in [5.74, 6) is 0.00521. The molecule has 2 rings (SSSR count). The molecule has 1 aromatic rings. The molecule has 1 aromatic carbocycles. The van der Waals surface area contributed by atoms with Gasteiger partial charge in [0.05, 0.1) is 19.8 Å². The van der Waals surface area contributed by atoms with Crippen molar-refractivity contribution in [3.05, 3.63) is 29.8 Å². The van der Waals surface area contributed by atoms with E-state index in [1.807, 2.05) is 18.2 Å². The number of likely N-dealkylation sites (tertiary alicyclic amines) is 1. The smallest absolute Gasteiger partial charge is 0.317 e. The molecule has 1 heterocycles. The minimum absolute atomic E-state index is 0.0423. The van der Waals surface area contributed by atoms with Crippen LogP contribution in [0.3, 0.4) is 0 Å². The molecule has 0 amide bonds. The maximum absolute atomic E-state index is 10.8. The van der Waals surface area contributed by atoms with Gasteiger partial charge in [-0.05, 0) is 44.1 Å². The third kappa shape index (κ3) is 5.20. The number of nitrogens with zero attached hydrogens (tertiary/aromatic N) is 2. The number of hydrogen-bond acceptors (Lipinski definition) is 5. The average Bonchev–Trinajstić information content (AvgIpc) is 2.88. The highest BCUT2D eigenvalue weighted by Gasteiger charge is 2.34. The molecule has 2 N–H and O–H groups in total. The highest BCUT2D eigenvalue weighted by Crippen LogP contribution is 2.17. The largest absolute Gasteiger partial charge is 0.497 e. The van der Waals surface area contributed by atoms with Gasteiger partial charge in [-0.15, -0.1) is 0 Å². The van der Waals surface area contributed by atoms with Gasteiger partial charge >= 0.3 is 5.97 Å². The van der Waals surface area contributed by atoms with Crippen molar-refractivity contribution in [2.24, 2.45) is 0 Å². The highest BCUT2D eigenvalue weighted by molar-refractivity contribution is 5.69. The first kappa shape index (κ1) is 17.7. The molecule has 23 heavy (non-hydrogen) atoms. The Balaban J connectivity index is 1.77. The number of β-amino-alcohol motifs (C(OH)–C–C–N with tert-alkyl or cyclic N) is 1. The van der Waals surface area contributed by atoms with Crippen LogP contribution in [-0.4, -0.2) is 78.5 Å².